The van der Waals surface area contributed by atoms with Gasteiger partial charge < -0.3 is 19.9 Å². The molecule has 1 heterocycles. The van der Waals surface area contributed by atoms with Crippen LogP contribution in [-0.4, -0.2) is 54.6 Å². The minimum Gasteiger partial charge on any atom is -0.494 e. The molecule has 0 spiro atoms. The molecular weight excluding hydrogens is 436 g/mol. The molecule has 8 heteroatoms. The lowest BCUT2D eigenvalue weighted by atomic mass is 10.1. The maximum Gasteiger partial charge on any atom is 0.257 e. The monoisotopic (exact) mass is 468 g/mol. The Morgan fingerprint density at radius 2 is 1.79 bits per heavy atom. The van der Waals surface area contributed by atoms with Gasteiger partial charge in [0.25, 0.3) is 5.91 Å². The van der Waals surface area contributed by atoms with Gasteiger partial charge in [-0.3, -0.25) is 14.9 Å². The van der Waals surface area contributed by atoms with E-state index in [-0.39, 0.29) is 22.8 Å². The lowest BCUT2D eigenvalue weighted by Gasteiger charge is -2.37. The molecule has 0 saturated carbocycles. The first-order chi connectivity index (χ1) is 15.9. The minimum atomic E-state index is -0.298. The number of amides is 2. The summed E-state index contributed by atoms with van der Waals surface area (Å²) in [4.78, 5) is 29.1. The van der Waals surface area contributed by atoms with Crippen LogP contribution in [-0.2, 0) is 4.79 Å². The molecule has 2 amide bonds. The first-order valence-electron chi connectivity index (χ1n) is 11.4. The van der Waals surface area contributed by atoms with Crippen LogP contribution in [0.2, 0.25) is 0 Å². The third kappa shape index (κ3) is 6.68. The third-order valence-electron chi connectivity index (χ3n) is 5.37. The second kappa shape index (κ2) is 11.7. The number of thiocarbonyl (C=S) groups is 1. The predicted molar refractivity (Wildman–Crippen MR) is 136 cm³/mol. The van der Waals surface area contributed by atoms with E-state index in [4.69, 9.17) is 17.0 Å². The number of para-hydroxylation sites is 2. The molecule has 1 aliphatic rings. The van der Waals surface area contributed by atoms with E-state index in [0.29, 0.717) is 31.0 Å². The van der Waals surface area contributed by atoms with Crippen molar-refractivity contribution in [3.63, 3.8) is 0 Å². The number of benzene rings is 2. The Kier molecular flexibility index (Phi) is 8.65. The summed E-state index contributed by atoms with van der Waals surface area (Å²) in [7, 11) is 0. The SMILES string of the molecule is CCCOc1cccc(C(=O)NC(=S)Nc2ccccc2N2CCN(C(=O)C(C)C)CC2)c1. The average Bonchev–Trinajstić information content (AvgIpc) is 2.82. The van der Waals surface area contributed by atoms with Gasteiger partial charge in [0.1, 0.15) is 5.75 Å². The average molecular weight is 469 g/mol. The standard InChI is InChI=1S/C25H32N4O3S/c1-4-16-32-20-9-7-8-19(17-20)23(30)27-25(33)26-21-10-5-6-11-22(21)28-12-14-29(15-13-28)24(31)18(2)3/h5-11,17-18H,4,12-16H2,1-3H3,(H2,26,27,30,33). The van der Waals surface area contributed by atoms with Crippen molar-refractivity contribution >= 4 is 40.5 Å². The quantitative estimate of drug-likeness (QED) is 0.601. The van der Waals surface area contributed by atoms with Gasteiger partial charge in [0.05, 0.1) is 18.0 Å². The molecule has 0 aliphatic carbocycles. The van der Waals surface area contributed by atoms with E-state index < -0.39 is 0 Å². The third-order valence-corrected chi connectivity index (χ3v) is 5.58. The molecule has 0 radical (unpaired) electrons. The molecule has 1 saturated heterocycles. The van der Waals surface area contributed by atoms with Crippen molar-refractivity contribution in [3.8, 4) is 5.75 Å². The molecule has 0 aromatic heterocycles. The van der Waals surface area contributed by atoms with Crippen LogP contribution in [0.1, 0.15) is 37.6 Å². The van der Waals surface area contributed by atoms with Crippen molar-refractivity contribution in [1.82, 2.24) is 10.2 Å². The number of carbonyl (C=O) groups is 2. The number of anilines is 2. The normalized spacial score (nSPS) is 13.6. The molecule has 176 valence electrons. The zero-order valence-corrected chi connectivity index (χ0v) is 20.3. The van der Waals surface area contributed by atoms with Gasteiger partial charge in [0.15, 0.2) is 5.11 Å². The molecule has 2 aromatic rings. The highest BCUT2D eigenvalue weighted by Crippen LogP contribution is 2.27. The fourth-order valence-corrected chi connectivity index (χ4v) is 3.87. The van der Waals surface area contributed by atoms with E-state index in [2.05, 4.69) is 15.5 Å². The Balaban J connectivity index is 1.61. The topological polar surface area (TPSA) is 73.9 Å². The molecule has 0 bridgehead atoms. The highest BCUT2D eigenvalue weighted by atomic mass is 32.1. The number of nitrogens with zero attached hydrogens (tertiary/aromatic N) is 2. The number of hydrogen-bond acceptors (Lipinski definition) is 5. The second-order valence-electron chi connectivity index (χ2n) is 8.27. The van der Waals surface area contributed by atoms with Gasteiger partial charge in [-0.2, -0.15) is 0 Å². The molecular formula is C25H32N4O3S. The highest BCUT2D eigenvalue weighted by molar-refractivity contribution is 7.80. The van der Waals surface area contributed by atoms with Gasteiger partial charge in [0.2, 0.25) is 5.91 Å². The van der Waals surface area contributed by atoms with E-state index in [1.54, 1.807) is 18.2 Å². The maximum atomic E-state index is 12.7. The Bertz CT molecular complexity index is 987. The van der Waals surface area contributed by atoms with Crippen molar-refractivity contribution in [2.45, 2.75) is 27.2 Å². The zero-order chi connectivity index (χ0) is 23.8. The first kappa shape index (κ1) is 24.5. The summed E-state index contributed by atoms with van der Waals surface area (Å²) in [6.07, 6.45) is 0.896. The van der Waals surface area contributed by atoms with Crippen LogP contribution in [0.15, 0.2) is 48.5 Å². The maximum absolute atomic E-state index is 12.7. The van der Waals surface area contributed by atoms with Crippen LogP contribution in [0.4, 0.5) is 11.4 Å². The van der Waals surface area contributed by atoms with Gasteiger partial charge in [-0.25, -0.2) is 0 Å². The van der Waals surface area contributed by atoms with Crippen molar-refractivity contribution in [3.05, 3.63) is 54.1 Å². The van der Waals surface area contributed by atoms with Crippen molar-refractivity contribution in [1.29, 1.82) is 0 Å². The number of nitrogens with one attached hydrogen (secondary N) is 2. The molecule has 0 atom stereocenters. The molecule has 2 aromatic carbocycles. The summed E-state index contributed by atoms with van der Waals surface area (Å²) in [5.74, 6) is 0.552. The fraction of sp³-hybridized carbons (Fsp3) is 0.400. The first-order valence-corrected chi connectivity index (χ1v) is 11.8. The Labute approximate surface area is 201 Å². The minimum absolute atomic E-state index is 0.00499. The van der Waals surface area contributed by atoms with E-state index in [9.17, 15) is 9.59 Å². The van der Waals surface area contributed by atoms with E-state index in [1.807, 2.05) is 56.0 Å². The summed E-state index contributed by atoms with van der Waals surface area (Å²) < 4.78 is 5.61. The number of carbonyl (C=O) groups excluding carboxylic acids is 2. The molecule has 0 unspecified atom stereocenters. The second-order valence-corrected chi connectivity index (χ2v) is 8.68. The molecule has 33 heavy (non-hydrogen) atoms. The Morgan fingerprint density at radius 1 is 1.06 bits per heavy atom. The number of ether oxygens (including phenoxy) is 1. The molecule has 7 nitrogen and oxygen atoms in total. The van der Waals surface area contributed by atoms with E-state index >= 15 is 0 Å². The highest BCUT2D eigenvalue weighted by Gasteiger charge is 2.24. The molecule has 1 aliphatic heterocycles. The predicted octanol–water partition coefficient (Wildman–Crippen LogP) is 3.91. The van der Waals surface area contributed by atoms with Crippen molar-refractivity contribution in [2.24, 2.45) is 5.92 Å². The summed E-state index contributed by atoms with van der Waals surface area (Å²) in [5, 5.41) is 6.13. The molecule has 1 fully saturated rings. The van der Waals surface area contributed by atoms with Gasteiger partial charge in [-0.15, -0.1) is 0 Å². The molecule has 2 N–H and O–H groups in total. The van der Waals surface area contributed by atoms with Crippen LogP contribution in [0.5, 0.6) is 5.75 Å². The van der Waals surface area contributed by atoms with Gasteiger partial charge in [-0.1, -0.05) is 39.0 Å². The van der Waals surface area contributed by atoms with Crippen LogP contribution >= 0.6 is 12.2 Å². The van der Waals surface area contributed by atoms with Crippen LogP contribution in [0.3, 0.4) is 0 Å². The number of piperazine rings is 1. The van der Waals surface area contributed by atoms with Crippen molar-refractivity contribution in [2.75, 3.05) is 43.0 Å². The van der Waals surface area contributed by atoms with Crippen LogP contribution in [0.25, 0.3) is 0 Å². The summed E-state index contributed by atoms with van der Waals surface area (Å²) >= 11 is 5.41. The van der Waals surface area contributed by atoms with Crippen LogP contribution in [0, 0.1) is 5.92 Å². The Morgan fingerprint density at radius 3 is 2.48 bits per heavy atom. The fourth-order valence-electron chi connectivity index (χ4n) is 3.66. The van der Waals surface area contributed by atoms with Crippen molar-refractivity contribution < 1.29 is 14.3 Å². The van der Waals surface area contributed by atoms with E-state index in [0.717, 1.165) is 30.9 Å². The summed E-state index contributed by atoms with van der Waals surface area (Å²) in [6.45, 7) is 9.33. The summed E-state index contributed by atoms with van der Waals surface area (Å²) in [6, 6.07) is 14.9. The largest absolute Gasteiger partial charge is 0.494 e. The lowest BCUT2D eigenvalue weighted by molar-refractivity contribution is -0.134. The molecule has 3 rings (SSSR count). The smallest absolute Gasteiger partial charge is 0.257 e. The zero-order valence-electron chi connectivity index (χ0n) is 19.5. The number of rotatable bonds is 7. The lowest BCUT2D eigenvalue weighted by Crippen LogP contribution is -2.50. The Hall–Kier alpha value is -3.13. The van der Waals surface area contributed by atoms with Gasteiger partial charge in [-0.05, 0) is 49.0 Å². The summed E-state index contributed by atoms with van der Waals surface area (Å²) in [5.41, 5.74) is 2.28. The number of hydrogen-bond donors (Lipinski definition) is 2. The van der Waals surface area contributed by atoms with Crippen LogP contribution < -0.4 is 20.3 Å². The van der Waals surface area contributed by atoms with E-state index in [1.165, 1.54) is 0 Å². The van der Waals surface area contributed by atoms with Gasteiger partial charge in [0, 0.05) is 37.7 Å². The van der Waals surface area contributed by atoms with Gasteiger partial charge >= 0.3 is 0 Å².